The number of hydrogen-bond donors (Lipinski definition) is 0. The van der Waals surface area contributed by atoms with Crippen molar-refractivity contribution < 1.29 is 12.7 Å². The molecule has 1 heterocycles. The van der Waals surface area contributed by atoms with Crippen molar-refractivity contribution in [2.24, 2.45) is 5.16 Å². The van der Waals surface area contributed by atoms with E-state index in [9.17, 15) is 8.42 Å². The van der Waals surface area contributed by atoms with Gasteiger partial charge in [0.05, 0.1) is 10.6 Å². The summed E-state index contributed by atoms with van der Waals surface area (Å²) < 4.78 is 27.1. The minimum Gasteiger partial charge on any atom is -0.267 e. The lowest BCUT2D eigenvalue weighted by molar-refractivity contribution is 0.339. The second-order valence-electron chi connectivity index (χ2n) is 3.22. The summed E-state index contributed by atoms with van der Waals surface area (Å²) in [6, 6.07) is 5.23. The van der Waals surface area contributed by atoms with Crippen molar-refractivity contribution in [3.05, 3.63) is 22.4 Å². The van der Waals surface area contributed by atoms with E-state index >= 15 is 0 Å². The van der Waals surface area contributed by atoms with Crippen molar-refractivity contribution in [2.45, 2.75) is 19.8 Å². The molecule has 0 fully saturated rings. The Morgan fingerprint density at radius 3 is 2.94 bits per heavy atom. The first-order valence-corrected chi connectivity index (χ1v) is 7.48. The van der Waals surface area contributed by atoms with Crippen LogP contribution in [-0.4, -0.2) is 19.9 Å². The van der Waals surface area contributed by atoms with Crippen LogP contribution in [0.1, 0.15) is 24.6 Å². The number of hydrogen-bond acceptors (Lipinski definition) is 6. The van der Waals surface area contributed by atoms with Gasteiger partial charge in [-0.1, -0.05) is 24.6 Å². The Balaban J connectivity index is 2.73. The number of oxime groups is 1. The molecule has 0 aliphatic heterocycles. The molecule has 0 radical (unpaired) electrons. The van der Waals surface area contributed by atoms with Crippen molar-refractivity contribution in [3.63, 3.8) is 0 Å². The molecule has 0 aliphatic rings. The van der Waals surface area contributed by atoms with Gasteiger partial charge in [0.25, 0.3) is 0 Å². The van der Waals surface area contributed by atoms with E-state index in [0.29, 0.717) is 11.3 Å². The van der Waals surface area contributed by atoms with Gasteiger partial charge in [0.1, 0.15) is 6.07 Å². The van der Waals surface area contributed by atoms with Crippen LogP contribution in [0.4, 0.5) is 0 Å². The Hall–Kier alpha value is -1.39. The molecule has 0 bridgehead atoms. The van der Waals surface area contributed by atoms with Crippen molar-refractivity contribution in [2.75, 3.05) is 5.75 Å². The number of unbranched alkanes of at least 4 members (excludes halogenated alkanes) is 1. The average molecular weight is 272 g/mol. The van der Waals surface area contributed by atoms with E-state index in [4.69, 9.17) is 5.26 Å². The summed E-state index contributed by atoms with van der Waals surface area (Å²) in [4.78, 5) is 0.582. The number of nitrogens with zero attached hydrogens (tertiary/aromatic N) is 2. The minimum atomic E-state index is -3.67. The highest BCUT2D eigenvalue weighted by Crippen LogP contribution is 2.11. The standard InChI is InChI=1S/C10H12N2O3S2/c1-2-3-7-17(13,14)15-12-9(8-11)10-5-4-6-16-10/h4-6H,2-3,7H2,1H3. The zero-order valence-electron chi connectivity index (χ0n) is 9.29. The van der Waals surface area contributed by atoms with E-state index in [1.165, 1.54) is 11.3 Å². The summed E-state index contributed by atoms with van der Waals surface area (Å²) in [6.07, 6.45) is 1.26. The van der Waals surface area contributed by atoms with E-state index in [1.807, 2.05) is 6.92 Å². The van der Waals surface area contributed by atoms with Crippen LogP contribution in [0, 0.1) is 11.3 Å². The summed E-state index contributed by atoms with van der Waals surface area (Å²) in [5.41, 5.74) is -0.0277. The Morgan fingerprint density at radius 2 is 2.41 bits per heavy atom. The Labute approximate surface area is 104 Å². The monoisotopic (exact) mass is 272 g/mol. The lowest BCUT2D eigenvalue weighted by atomic mass is 10.3. The summed E-state index contributed by atoms with van der Waals surface area (Å²) in [6.45, 7) is 1.88. The second kappa shape index (κ2) is 6.37. The average Bonchev–Trinajstić information content (AvgIpc) is 2.81. The van der Waals surface area contributed by atoms with E-state index in [0.717, 1.165) is 6.42 Å². The highest BCUT2D eigenvalue weighted by Gasteiger charge is 2.12. The zero-order chi connectivity index (χ0) is 12.7. The van der Waals surface area contributed by atoms with Crippen LogP contribution < -0.4 is 0 Å². The second-order valence-corrected chi connectivity index (χ2v) is 5.84. The van der Waals surface area contributed by atoms with Gasteiger partial charge in [0, 0.05) is 0 Å². The fraction of sp³-hybridized carbons (Fsp3) is 0.400. The third kappa shape index (κ3) is 4.54. The Bertz CT molecular complexity index is 512. The third-order valence-corrected chi connectivity index (χ3v) is 3.82. The summed E-state index contributed by atoms with van der Waals surface area (Å²) in [7, 11) is -3.67. The largest absolute Gasteiger partial charge is 0.328 e. The van der Waals surface area contributed by atoms with Gasteiger partial charge < -0.3 is 0 Å². The smallest absolute Gasteiger partial charge is 0.267 e. The van der Waals surface area contributed by atoms with Crippen molar-refractivity contribution in [3.8, 4) is 6.07 Å². The summed E-state index contributed by atoms with van der Waals surface area (Å²) in [5.74, 6) is -0.0872. The summed E-state index contributed by atoms with van der Waals surface area (Å²) in [5, 5.41) is 14.0. The molecule has 0 aliphatic carbocycles. The zero-order valence-corrected chi connectivity index (χ0v) is 10.9. The number of thiophene rings is 1. The van der Waals surface area contributed by atoms with Gasteiger partial charge in [0.15, 0.2) is 5.71 Å². The summed E-state index contributed by atoms with van der Waals surface area (Å²) >= 11 is 1.30. The van der Waals surface area contributed by atoms with Crippen LogP contribution in [0.2, 0.25) is 0 Å². The molecule has 0 aromatic carbocycles. The van der Waals surface area contributed by atoms with Gasteiger partial charge in [-0.3, -0.25) is 4.28 Å². The minimum absolute atomic E-state index is 0.0277. The van der Waals surface area contributed by atoms with Gasteiger partial charge in [-0.15, -0.1) is 11.3 Å². The maximum Gasteiger partial charge on any atom is 0.328 e. The van der Waals surface area contributed by atoms with Crippen LogP contribution in [0.5, 0.6) is 0 Å². The molecule has 0 unspecified atom stereocenters. The van der Waals surface area contributed by atoms with E-state index in [-0.39, 0.29) is 11.5 Å². The molecule has 17 heavy (non-hydrogen) atoms. The fourth-order valence-electron chi connectivity index (χ4n) is 0.986. The molecular weight excluding hydrogens is 260 g/mol. The quantitative estimate of drug-likeness (QED) is 0.587. The predicted molar refractivity (Wildman–Crippen MR) is 66.2 cm³/mol. The lowest BCUT2D eigenvalue weighted by Gasteiger charge is -1.99. The fourth-order valence-corrected chi connectivity index (χ4v) is 2.55. The van der Waals surface area contributed by atoms with E-state index in [2.05, 4.69) is 9.44 Å². The third-order valence-electron chi connectivity index (χ3n) is 1.85. The molecule has 7 heteroatoms. The van der Waals surface area contributed by atoms with Gasteiger partial charge >= 0.3 is 10.1 Å². The Morgan fingerprint density at radius 1 is 1.65 bits per heavy atom. The number of nitriles is 1. The van der Waals surface area contributed by atoms with Crippen molar-refractivity contribution in [1.29, 1.82) is 5.26 Å². The SMILES string of the molecule is CCCCS(=O)(=O)ON=C(C#N)c1cccs1. The molecule has 0 atom stereocenters. The molecule has 1 aromatic rings. The van der Waals surface area contributed by atoms with Crippen LogP contribution in [0.25, 0.3) is 0 Å². The first kappa shape index (κ1) is 13.7. The van der Waals surface area contributed by atoms with E-state index < -0.39 is 10.1 Å². The molecule has 0 amide bonds. The van der Waals surface area contributed by atoms with Gasteiger partial charge in [-0.05, 0) is 17.9 Å². The molecule has 1 rings (SSSR count). The maximum absolute atomic E-state index is 11.3. The van der Waals surface area contributed by atoms with Gasteiger partial charge in [0.2, 0.25) is 0 Å². The first-order valence-electron chi connectivity index (χ1n) is 5.02. The predicted octanol–water partition coefficient (Wildman–Crippen LogP) is 2.12. The first-order chi connectivity index (χ1) is 8.09. The molecule has 5 nitrogen and oxygen atoms in total. The van der Waals surface area contributed by atoms with Gasteiger partial charge in [-0.25, -0.2) is 0 Å². The molecule has 0 N–H and O–H groups in total. The molecular formula is C10H12N2O3S2. The topological polar surface area (TPSA) is 79.5 Å². The highest BCUT2D eigenvalue weighted by molar-refractivity contribution is 7.86. The van der Waals surface area contributed by atoms with Crippen molar-refractivity contribution >= 4 is 27.2 Å². The number of rotatable bonds is 6. The molecule has 0 spiro atoms. The highest BCUT2D eigenvalue weighted by atomic mass is 32.2. The molecule has 0 saturated carbocycles. The molecule has 1 aromatic heterocycles. The van der Waals surface area contributed by atoms with Crippen LogP contribution in [0.3, 0.4) is 0 Å². The normalized spacial score (nSPS) is 12.1. The van der Waals surface area contributed by atoms with Crippen LogP contribution in [0.15, 0.2) is 22.7 Å². The molecule has 92 valence electrons. The van der Waals surface area contributed by atoms with Crippen LogP contribution >= 0.6 is 11.3 Å². The van der Waals surface area contributed by atoms with Gasteiger partial charge in [-0.2, -0.15) is 13.7 Å². The molecule has 0 saturated heterocycles. The van der Waals surface area contributed by atoms with Crippen molar-refractivity contribution in [1.82, 2.24) is 0 Å². The Kier molecular flexibility index (Phi) is 5.12. The van der Waals surface area contributed by atoms with E-state index in [1.54, 1.807) is 23.6 Å². The maximum atomic E-state index is 11.3. The lowest BCUT2D eigenvalue weighted by Crippen LogP contribution is -2.08. The van der Waals surface area contributed by atoms with Crippen LogP contribution in [-0.2, 0) is 14.4 Å².